The normalized spacial score (nSPS) is 23.3. The number of hydrogen-bond donors (Lipinski definition) is 3. The first-order valence-electron chi connectivity index (χ1n) is 7.77. The van der Waals surface area contributed by atoms with Gasteiger partial charge in [-0.2, -0.15) is 5.10 Å². The average Bonchev–Trinajstić information content (AvgIpc) is 2.93. The van der Waals surface area contributed by atoms with Crippen LogP contribution in [0.2, 0.25) is 0 Å². The van der Waals surface area contributed by atoms with E-state index in [2.05, 4.69) is 27.2 Å². The van der Waals surface area contributed by atoms with Gasteiger partial charge in [-0.15, -0.1) is 0 Å². The van der Waals surface area contributed by atoms with Crippen LogP contribution in [0.15, 0.2) is 11.2 Å². The molecule has 1 aliphatic rings. The highest BCUT2D eigenvalue weighted by atomic mass is 32.2. The maximum Gasteiger partial charge on any atom is 0.257 e. The molecule has 1 saturated carbocycles. The lowest BCUT2D eigenvalue weighted by molar-refractivity contribution is 0.257. The molecule has 0 radical (unpaired) electrons. The van der Waals surface area contributed by atoms with Gasteiger partial charge in [0.2, 0.25) is 0 Å². The summed E-state index contributed by atoms with van der Waals surface area (Å²) < 4.78 is 27.6. The van der Waals surface area contributed by atoms with Gasteiger partial charge >= 0.3 is 0 Å². The number of H-pyrrole nitrogens is 1. The molecule has 21 heavy (non-hydrogen) atoms. The number of nitrogens with zero attached hydrogens (tertiary/aromatic N) is 1. The molecule has 1 aromatic heterocycles. The standard InChI is InChI=1S/C14H26N4O2S/c1-3-15-8-13-9-16-18-14(13)21(19,20)17-10-12-7-5-4-6-11(12)2/h9,11-12,15,17H,3-8,10H2,1-2H3,(H,16,18). The number of nitrogens with one attached hydrogen (secondary N) is 3. The van der Waals surface area contributed by atoms with E-state index in [1.54, 1.807) is 6.20 Å². The first-order chi connectivity index (χ1) is 10.0. The van der Waals surface area contributed by atoms with E-state index in [0.29, 0.717) is 30.5 Å². The largest absolute Gasteiger partial charge is 0.313 e. The fourth-order valence-corrected chi connectivity index (χ4v) is 4.12. The summed E-state index contributed by atoms with van der Waals surface area (Å²) in [5, 5.41) is 9.79. The Bertz CT molecular complexity index is 541. The van der Waals surface area contributed by atoms with Crippen LogP contribution in [-0.2, 0) is 16.6 Å². The molecular formula is C14H26N4O2S. The summed E-state index contributed by atoms with van der Waals surface area (Å²) in [6, 6.07) is 0. The molecule has 1 heterocycles. The summed E-state index contributed by atoms with van der Waals surface area (Å²) in [6.07, 6.45) is 6.34. The van der Waals surface area contributed by atoms with Crippen LogP contribution in [0.1, 0.15) is 45.1 Å². The lowest BCUT2D eigenvalue weighted by Gasteiger charge is -2.28. The topological polar surface area (TPSA) is 86.9 Å². The fourth-order valence-electron chi connectivity index (χ4n) is 2.90. The molecule has 0 spiro atoms. The molecule has 2 atom stereocenters. The summed E-state index contributed by atoms with van der Waals surface area (Å²) in [5.41, 5.74) is 0.682. The Balaban J connectivity index is 1.99. The smallest absolute Gasteiger partial charge is 0.257 e. The van der Waals surface area contributed by atoms with Crippen LogP contribution in [-0.4, -0.2) is 31.7 Å². The van der Waals surface area contributed by atoms with Crippen molar-refractivity contribution in [1.29, 1.82) is 0 Å². The molecule has 2 rings (SSSR count). The predicted octanol–water partition coefficient (Wildman–Crippen LogP) is 1.62. The van der Waals surface area contributed by atoms with Crippen molar-refractivity contribution in [2.75, 3.05) is 13.1 Å². The molecule has 120 valence electrons. The number of aromatic nitrogens is 2. The monoisotopic (exact) mass is 314 g/mol. The van der Waals surface area contributed by atoms with Crippen molar-refractivity contribution in [3.05, 3.63) is 11.8 Å². The number of sulfonamides is 1. The Hall–Kier alpha value is -0.920. The molecule has 0 aliphatic heterocycles. The minimum absolute atomic E-state index is 0.187. The molecule has 2 unspecified atom stereocenters. The van der Waals surface area contributed by atoms with Crippen molar-refractivity contribution >= 4 is 10.0 Å². The summed E-state index contributed by atoms with van der Waals surface area (Å²) in [6.45, 7) is 6.01. The van der Waals surface area contributed by atoms with Crippen molar-refractivity contribution in [3.63, 3.8) is 0 Å². The number of aromatic amines is 1. The quantitative estimate of drug-likeness (QED) is 0.714. The van der Waals surface area contributed by atoms with Crippen LogP contribution in [0.4, 0.5) is 0 Å². The van der Waals surface area contributed by atoms with Gasteiger partial charge < -0.3 is 5.32 Å². The number of hydrogen-bond acceptors (Lipinski definition) is 4. The zero-order chi connectivity index (χ0) is 15.3. The minimum Gasteiger partial charge on any atom is -0.313 e. The van der Waals surface area contributed by atoms with Gasteiger partial charge in [0.15, 0.2) is 5.03 Å². The molecule has 3 N–H and O–H groups in total. The van der Waals surface area contributed by atoms with Crippen molar-refractivity contribution < 1.29 is 8.42 Å². The third-order valence-electron chi connectivity index (χ3n) is 4.34. The molecule has 0 bridgehead atoms. The van der Waals surface area contributed by atoms with Crippen molar-refractivity contribution in [3.8, 4) is 0 Å². The molecule has 6 nitrogen and oxygen atoms in total. The third kappa shape index (κ3) is 4.28. The summed E-state index contributed by atoms with van der Waals surface area (Å²) in [7, 11) is -3.51. The zero-order valence-corrected chi connectivity index (χ0v) is 13.7. The summed E-state index contributed by atoms with van der Waals surface area (Å²) in [5.74, 6) is 1.03. The van der Waals surface area contributed by atoms with Crippen molar-refractivity contribution in [2.24, 2.45) is 11.8 Å². The van der Waals surface area contributed by atoms with E-state index < -0.39 is 10.0 Å². The van der Waals surface area contributed by atoms with E-state index in [9.17, 15) is 8.42 Å². The van der Waals surface area contributed by atoms with E-state index in [1.807, 2.05) is 6.92 Å². The summed E-state index contributed by atoms with van der Waals surface area (Å²) >= 11 is 0. The second kappa shape index (κ2) is 7.38. The molecule has 0 saturated heterocycles. The second-order valence-corrected chi connectivity index (χ2v) is 7.58. The Kier molecular flexibility index (Phi) is 5.78. The second-order valence-electron chi connectivity index (χ2n) is 5.88. The average molecular weight is 314 g/mol. The van der Waals surface area contributed by atoms with Gasteiger partial charge in [0, 0.05) is 18.7 Å². The molecular weight excluding hydrogens is 288 g/mol. The lowest BCUT2D eigenvalue weighted by Crippen LogP contribution is -2.34. The van der Waals surface area contributed by atoms with Gasteiger partial charge in [-0.3, -0.25) is 5.10 Å². The predicted molar refractivity (Wildman–Crippen MR) is 82.3 cm³/mol. The molecule has 0 amide bonds. The molecule has 1 aromatic rings. The van der Waals surface area contributed by atoms with Crippen LogP contribution >= 0.6 is 0 Å². The highest BCUT2D eigenvalue weighted by molar-refractivity contribution is 7.89. The Morgan fingerprint density at radius 2 is 2.14 bits per heavy atom. The van der Waals surface area contributed by atoms with Gasteiger partial charge in [-0.1, -0.05) is 33.1 Å². The SMILES string of the molecule is CCNCc1cn[nH]c1S(=O)(=O)NCC1CCCCC1C. The van der Waals surface area contributed by atoms with Gasteiger partial charge in [0.05, 0.1) is 6.20 Å². The first-order valence-corrected chi connectivity index (χ1v) is 9.25. The molecule has 0 aromatic carbocycles. The van der Waals surface area contributed by atoms with Crippen LogP contribution in [0.5, 0.6) is 0 Å². The van der Waals surface area contributed by atoms with Crippen LogP contribution in [0.25, 0.3) is 0 Å². The molecule has 7 heteroatoms. The van der Waals surface area contributed by atoms with Crippen LogP contribution < -0.4 is 10.0 Å². The van der Waals surface area contributed by atoms with E-state index >= 15 is 0 Å². The highest BCUT2D eigenvalue weighted by Crippen LogP contribution is 2.29. The molecule has 1 aliphatic carbocycles. The van der Waals surface area contributed by atoms with Gasteiger partial charge in [-0.05, 0) is 24.8 Å². The van der Waals surface area contributed by atoms with Gasteiger partial charge in [-0.25, -0.2) is 13.1 Å². The summed E-state index contributed by atoms with van der Waals surface area (Å²) in [4.78, 5) is 0. The van der Waals surface area contributed by atoms with Crippen molar-refractivity contribution in [2.45, 2.75) is 51.1 Å². The Morgan fingerprint density at radius 1 is 1.38 bits per heavy atom. The minimum atomic E-state index is -3.51. The maximum atomic E-state index is 12.4. The van der Waals surface area contributed by atoms with Gasteiger partial charge in [0.25, 0.3) is 10.0 Å². The van der Waals surface area contributed by atoms with E-state index in [1.165, 1.54) is 19.3 Å². The Labute approximate surface area is 127 Å². The first kappa shape index (κ1) is 16.5. The number of rotatable bonds is 7. The van der Waals surface area contributed by atoms with Crippen LogP contribution in [0, 0.1) is 11.8 Å². The molecule has 1 fully saturated rings. The van der Waals surface area contributed by atoms with E-state index in [0.717, 1.165) is 13.0 Å². The maximum absolute atomic E-state index is 12.4. The van der Waals surface area contributed by atoms with Crippen LogP contribution in [0.3, 0.4) is 0 Å². The zero-order valence-electron chi connectivity index (χ0n) is 12.9. The van der Waals surface area contributed by atoms with E-state index in [4.69, 9.17) is 0 Å². The Morgan fingerprint density at radius 3 is 2.86 bits per heavy atom. The lowest BCUT2D eigenvalue weighted by atomic mass is 9.81. The third-order valence-corrected chi connectivity index (χ3v) is 5.77. The van der Waals surface area contributed by atoms with Crippen molar-refractivity contribution in [1.82, 2.24) is 20.2 Å². The van der Waals surface area contributed by atoms with Gasteiger partial charge in [0.1, 0.15) is 0 Å². The van der Waals surface area contributed by atoms with E-state index in [-0.39, 0.29) is 5.03 Å². The highest BCUT2D eigenvalue weighted by Gasteiger charge is 2.25. The fraction of sp³-hybridized carbons (Fsp3) is 0.786.